The lowest BCUT2D eigenvalue weighted by molar-refractivity contribution is 0.355. The number of sulfonamides is 1. The van der Waals surface area contributed by atoms with Crippen molar-refractivity contribution in [2.45, 2.75) is 18.9 Å². The van der Waals surface area contributed by atoms with Gasteiger partial charge in [0, 0.05) is 24.7 Å². The molecular weight excluding hydrogens is 428 g/mol. The second-order valence-corrected chi connectivity index (χ2v) is 10.2. The van der Waals surface area contributed by atoms with Crippen LogP contribution in [0.4, 0.5) is 5.69 Å². The van der Waals surface area contributed by atoms with Gasteiger partial charge in [0.25, 0.3) is 0 Å². The Labute approximate surface area is 187 Å². The highest BCUT2D eigenvalue weighted by Crippen LogP contribution is 2.30. The molecular formula is C22H26N6O3S. The Bertz CT molecular complexity index is 1250. The number of amidine groups is 1. The van der Waals surface area contributed by atoms with Crippen molar-refractivity contribution >= 4 is 21.5 Å². The number of aromatic nitrogens is 2. The minimum atomic E-state index is -3.46. The fraction of sp³-hybridized carbons (Fsp3) is 0.318. The zero-order chi connectivity index (χ0) is 22.9. The van der Waals surface area contributed by atoms with Gasteiger partial charge < -0.3 is 15.5 Å². The van der Waals surface area contributed by atoms with Gasteiger partial charge >= 0.3 is 0 Å². The third-order valence-electron chi connectivity index (χ3n) is 5.30. The Kier molecular flexibility index (Phi) is 5.74. The number of hydrogen-bond donors (Lipinski definition) is 2. The van der Waals surface area contributed by atoms with E-state index in [0.29, 0.717) is 35.9 Å². The molecule has 1 aliphatic rings. The second-order valence-electron chi connectivity index (χ2n) is 8.15. The Morgan fingerprint density at radius 1 is 1.16 bits per heavy atom. The van der Waals surface area contributed by atoms with E-state index in [1.165, 1.54) is 11.4 Å². The molecule has 0 saturated heterocycles. The Balaban J connectivity index is 1.72. The molecule has 4 rings (SSSR count). The van der Waals surface area contributed by atoms with Gasteiger partial charge in [-0.15, -0.1) is 10.2 Å². The van der Waals surface area contributed by atoms with Gasteiger partial charge in [-0.2, -0.15) is 0 Å². The molecule has 0 spiro atoms. The number of nitrogens with zero attached hydrogens (tertiary/aromatic N) is 4. The lowest BCUT2D eigenvalue weighted by Gasteiger charge is -2.20. The molecule has 1 aromatic heterocycles. The second kappa shape index (κ2) is 8.36. The van der Waals surface area contributed by atoms with E-state index in [0.717, 1.165) is 23.9 Å². The van der Waals surface area contributed by atoms with E-state index in [1.54, 1.807) is 12.1 Å². The summed E-state index contributed by atoms with van der Waals surface area (Å²) in [6.45, 7) is 3.23. The van der Waals surface area contributed by atoms with Crippen molar-refractivity contribution < 1.29 is 12.8 Å². The molecule has 0 unspecified atom stereocenters. The van der Waals surface area contributed by atoms with Crippen molar-refractivity contribution in [3.8, 4) is 11.5 Å². The number of rotatable bonds is 7. The smallest absolute Gasteiger partial charge is 0.247 e. The molecule has 0 radical (unpaired) electrons. The average Bonchev–Trinajstić information content (AvgIpc) is 3.45. The van der Waals surface area contributed by atoms with Crippen LogP contribution in [0.3, 0.4) is 0 Å². The van der Waals surface area contributed by atoms with E-state index < -0.39 is 15.6 Å². The molecule has 2 aromatic carbocycles. The van der Waals surface area contributed by atoms with Crippen LogP contribution >= 0.6 is 0 Å². The minimum absolute atomic E-state index is 0.258. The van der Waals surface area contributed by atoms with Crippen molar-refractivity contribution in [2.75, 3.05) is 30.7 Å². The topological polar surface area (TPSA) is 127 Å². The van der Waals surface area contributed by atoms with Gasteiger partial charge in [0.15, 0.2) is 0 Å². The molecule has 0 amide bonds. The molecule has 10 heteroatoms. The molecule has 0 bridgehead atoms. The standard InChI is InChI=1S/C22H26N6O3S/c1-22(23,14-15-7-5-4-6-8-15)21-27-26-20(31-21)17-11-16(19-24-9-10-25-19)12-18(13-17)28(2)32(3,29)30/h4-8,11-13H,9-10,14,23H2,1-3H3,(H,24,25)/t22-/m1/s1. The third kappa shape index (κ3) is 4.66. The summed E-state index contributed by atoms with van der Waals surface area (Å²) in [5.74, 6) is 1.26. The third-order valence-corrected chi connectivity index (χ3v) is 6.51. The molecule has 168 valence electrons. The lowest BCUT2D eigenvalue weighted by Crippen LogP contribution is -2.35. The maximum absolute atomic E-state index is 12.1. The molecule has 0 aliphatic carbocycles. The first kappa shape index (κ1) is 22.0. The maximum Gasteiger partial charge on any atom is 0.247 e. The summed E-state index contributed by atoms with van der Waals surface area (Å²) >= 11 is 0. The predicted molar refractivity (Wildman–Crippen MR) is 124 cm³/mol. The number of benzene rings is 2. The van der Waals surface area contributed by atoms with Crippen molar-refractivity contribution in [1.29, 1.82) is 0 Å². The summed E-state index contributed by atoms with van der Waals surface area (Å²) in [7, 11) is -1.96. The molecule has 0 fully saturated rings. The van der Waals surface area contributed by atoms with Gasteiger partial charge in [-0.1, -0.05) is 30.3 Å². The fourth-order valence-corrected chi connectivity index (χ4v) is 3.99. The molecule has 1 atom stereocenters. The van der Waals surface area contributed by atoms with Crippen molar-refractivity contribution in [3.05, 3.63) is 65.5 Å². The van der Waals surface area contributed by atoms with Crippen LogP contribution in [0.25, 0.3) is 11.5 Å². The van der Waals surface area contributed by atoms with E-state index in [9.17, 15) is 8.42 Å². The van der Waals surface area contributed by atoms with Crippen LogP contribution in [-0.2, 0) is 22.0 Å². The van der Waals surface area contributed by atoms with Crippen LogP contribution in [0.5, 0.6) is 0 Å². The van der Waals surface area contributed by atoms with E-state index in [1.807, 2.05) is 43.3 Å². The van der Waals surface area contributed by atoms with Crippen molar-refractivity contribution in [2.24, 2.45) is 10.7 Å². The highest BCUT2D eigenvalue weighted by Gasteiger charge is 2.29. The summed E-state index contributed by atoms with van der Waals surface area (Å²) in [4.78, 5) is 4.45. The number of aliphatic imine (C=N–C) groups is 1. The number of anilines is 1. The van der Waals surface area contributed by atoms with Gasteiger partial charge in [-0.05, 0) is 37.1 Å². The molecule has 32 heavy (non-hydrogen) atoms. The molecule has 1 aliphatic heterocycles. The van der Waals surface area contributed by atoms with Gasteiger partial charge in [0.2, 0.25) is 21.8 Å². The average molecular weight is 455 g/mol. The predicted octanol–water partition coefficient (Wildman–Crippen LogP) is 1.90. The van der Waals surface area contributed by atoms with Gasteiger partial charge in [0.05, 0.1) is 24.0 Å². The summed E-state index contributed by atoms with van der Waals surface area (Å²) in [5.41, 5.74) is 8.49. The van der Waals surface area contributed by atoms with Crippen LogP contribution in [0.1, 0.15) is 23.9 Å². The highest BCUT2D eigenvalue weighted by atomic mass is 32.2. The minimum Gasteiger partial charge on any atom is -0.419 e. The van der Waals surface area contributed by atoms with Crippen LogP contribution in [0.2, 0.25) is 0 Å². The van der Waals surface area contributed by atoms with Gasteiger partial charge in [-0.3, -0.25) is 9.30 Å². The number of nitrogens with two attached hydrogens (primary N) is 1. The lowest BCUT2D eigenvalue weighted by atomic mass is 9.94. The van der Waals surface area contributed by atoms with Crippen LogP contribution in [0.15, 0.2) is 57.9 Å². The van der Waals surface area contributed by atoms with Crippen LogP contribution in [0, 0.1) is 0 Å². The molecule has 3 aromatic rings. The first-order valence-electron chi connectivity index (χ1n) is 10.2. The van der Waals surface area contributed by atoms with E-state index in [2.05, 4.69) is 20.5 Å². The fourth-order valence-electron chi connectivity index (χ4n) is 3.50. The van der Waals surface area contributed by atoms with E-state index in [-0.39, 0.29) is 5.89 Å². The van der Waals surface area contributed by atoms with Crippen molar-refractivity contribution in [3.63, 3.8) is 0 Å². The quantitative estimate of drug-likeness (QED) is 0.558. The SMILES string of the molecule is CN(c1cc(C2=NCCN2)cc(-c2nnc([C@](C)(N)Cc3ccccc3)o2)c1)S(C)(=O)=O. The Morgan fingerprint density at radius 2 is 1.88 bits per heavy atom. The summed E-state index contributed by atoms with van der Waals surface area (Å²) in [5, 5.41) is 11.6. The van der Waals surface area contributed by atoms with E-state index in [4.69, 9.17) is 10.2 Å². The molecule has 0 saturated carbocycles. The first-order valence-corrected chi connectivity index (χ1v) is 12.0. The maximum atomic E-state index is 12.1. The molecule has 2 heterocycles. The summed E-state index contributed by atoms with van der Waals surface area (Å²) in [6.07, 6.45) is 1.68. The zero-order valence-electron chi connectivity index (χ0n) is 18.2. The zero-order valence-corrected chi connectivity index (χ0v) is 19.1. The van der Waals surface area contributed by atoms with Crippen LogP contribution in [-0.4, -0.2) is 50.8 Å². The monoisotopic (exact) mass is 454 g/mol. The summed E-state index contributed by atoms with van der Waals surface area (Å²) < 4.78 is 31.4. The van der Waals surface area contributed by atoms with Crippen molar-refractivity contribution in [1.82, 2.24) is 15.5 Å². The number of nitrogens with one attached hydrogen (secondary N) is 1. The Hall–Kier alpha value is -3.24. The normalized spacial score (nSPS) is 15.7. The van der Waals surface area contributed by atoms with E-state index >= 15 is 0 Å². The molecule has 9 nitrogen and oxygen atoms in total. The highest BCUT2D eigenvalue weighted by molar-refractivity contribution is 7.92. The summed E-state index contributed by atoms with van der Waals surface area (Å²) in [6, 6.07) is 15.2. The first-order chi connectivity index (χ1) is 15.1. The van der Waals surface area contributed by atoms with Crippen LogP contribution < -0.4 is 15.4 Å². The van der Waals surface area contributed by atoms with Gasteiger partial charge in [-0.25, -0.2) is 8.42 Å². The molecule has 3 N–H and O–H groups in total. The Morgan fingerprint density at radius 3 is 2.53 bits per heavy atom. The number of hydrogen-bond acceptors (Lipinski definition) is 8. The largest absolute Gasteiger partial charge is 0.419 e. The van der Waals surface area contributed by atoms with Gasteiger partial charge in [0.1, 0.15) is 5.84 Å².